The quantitative estimate of drug-likeness (QED) is 0.353. The van der Waals surface area contributed by atoms with Crippen LogP contribution in [0.15, 0.2) is 76.5 Å². The highest BCUT2D eigenvalue weighted by Gasteiger charge is 2.20. The molecule has 3 aromatic rings. The Morgan fingerprint density at radius 2 is 1.62 bits per heavy atom. The molecule has 0 aliphatic rings. The topological polar surface area (TPSA) is 130 Å². The summed E-state index contributed by atoms with van der Waals surface area (Å²) in [5, 5.41) is 23.6. The van der Waals surface area contributed by atoms with E-state index in [1.807, 2.05) is 0 Å². The molecule has 0 heterocycles. The number of sulfone groups is 1. The highest BCUT2D eigenvalue weighted by Crippen LogP contribution is 2.26. The maximum atomic E-state index is 12.8. The average Bonchev–Trinajstić information content (AvgIpc) is 2.77. The van der Waals surface area contributed by atoms with Crippen LogP contribution >= 0.6 is 11.6 Å². The van der Waals surface area contributed by atoms with Crippen molar-refractivity contribution in [2.24, 2.45) is 5.73 Å². The number of rotatable bonds is 9. The Balaban J connectivity index is 1.59. The lowest BCUT2D eigenvalue weighted by Crippen LogP contribution is -2.23. The van der Waals surface area contributed by atoms with Crippen LogP contribution in [0.25, 0.3) is 0 Å². The van der Waals surface area contributed by atoms with E-state index < -0.39 is 21.8 Å². The summed E-state index contributed by atoms with van der Waals surface area (Å²) in [5.41, 5.74) is 6.61. The van der Waals surface area contributed by atoms with Crippen LogP contribution in [-0.4, -0.2) is 37.6 Å². The number of primary amides is 1. The first-order valence-corrected chi connectivity index (χ1v) is 11.7. The summed E-state index contributed by atoms with van der Waals surface area (Å²) < 4.78 is 25.7. The maximum Gasteiger partial charge on any atom is 0.252 e. The Morgan fingerprint density at radius 1 is 1.00 bits per heavy atom. The van der Waals surface area contributed by atoms with Gasteiger partial charge in [0.1, 0.15) is 5.75 Å². The molecule has 1 amide bonds. The van der Waals surface area contributed by atoms with Crippen molar-refractivity contribution in [1.29, 1.82) is 0 Å². The molecule has 168 valence electrons. The second-order valence-corrected chi connectivity index (χ2v) is 9.60. The molecule has 7 nitrogen and oxygen atoms in total. The van der Waals surface area contributed by atoms with E-state index in [4.69, 9.17) is 17.3 Å². The maximum absolute atomic E-state index is 12.8. The first-order valence-electron chi connectivity index (χ1n) is 9.79. The van der Waals surface area contributed by atoms with Gasteiger partial charge in [0.05, 0.1) is 21.5 Å². The molecule has 0 bridgehead atoms. The Bertz CT molecular complexity index is 1200. The van der Waals surface area contributed by atoms with E-state index in [1.165, 1.54) is 18.2 Å². The third-order valence-corrected chi connectivity index (χ3v) is 6.98. The van der Waals surface area contributed by atoms with Crippen molar-refractivity contribution >= 4 is 27.3 Å². The fourth-order valence-electron chi connectivity index (χ4n) is 3.13. The van der Waals surface area contributed by atoms with Crippen molar-refractivity contribution in [2.45, 2.75) is 22.3 Å². The number of halogens is 1. The zero-order chi connectivity index (χ0) is 23.3. The summed E-state index contributed by atoms with van der Waals surface area (Å²) in [6, 6.07) is 16.8. The van der Waals surface area contributed by atoms with Gasteiger partial charge < -0.3 is 21.3 Å². The number of carbonyl (C=O) groups excluding carboxylic acids is 1. The molecule has 1 atom stereocenters. The molecule has 5 N–H and O–H groups in total. The molecule has 0 fully saturated rings. The minimum absolute atomic E-state index is 0.0634. The minimum Gasteiger partial charge on any atom is -0.507 e. The van der Waals surface area contributed by atoms with Crippen molar-refractivity contribution in [3.05, 3.63) is 88.4 Å². The van der Waals surface area contributed by atoms with Crippen molar-refractivity contribution in [3.63, 3.8) is 0 Å². The van der Waals surface area contributed by atoms with Gasteiger partial charge >= 0.3 is 0 Å². The SMILES string of the molecule is NC(=O)c1cc(S(=O)(=O)c2ccc(CCNC[C@H](O)c3ccc(Cl)cc3)cc2)ccc1O. The predicted molar refractivity (Wildman–Crippen MR) is 122 cm³/mol. The Kier molecular flexibility index (Phi) is 7.52. The van der Waals surface area contributed by atoms with Crippen LogP contribution < -0.4 is 11.1 Å². The van der Waals surface area contributed by atoms with E-state index >= 15 is 0 Å². The number of aromatic hydroxyl groups is 1. The van der Waals surface area contributed by atoms with Gasteiger partial charge in [-0.25, -0.2) is 8.42 Å². The number of benzene rings is 3. The monoisotopic (exact) mass is 474 g/mol. The second-order valence-electron chi connectivity index (χ2n) is 7.21. The number of phenols is 1. The summed E-state index contributed by atoms with van der Waals surface area (Å²) in [6.45, 7) is 0.966. The van der Waals surface area contributed by atoms with Crippen LogP contribution in [0.4, 0.5) is 0 Å². The molecule has 0 radical (unpaired) electrons. The Morgan fingerprint density at radius 3 is 2.25 bits per heavy atom. The van der Waals surface area contributed by atoms with E-state index in [0.29, 0.717) is 24.5 Å². The third kappa shape index (κ3) is 5.66. The number of carbonyl (C=O) groups is 1. The van der Waals surface area contributed by atoms with Gasteiger partial charge in [-0.3, -0.25) is 4.79 Å². The first-order chi connectivity index (χ1) is 15.2. The van der Waals surface area contributed by atoms with E-state index in [2.05, 4.69) is 5.32 Å². The summed E-state index contributed by atoms with van der Waals surface area (Å²) in [6.07, 6.45) is -0.0195. The molecule has 0 unspecified atom stereocenters. The average molecular weight is 475 g/mol. The lowest BCUT2D eigenvalue weighted by Gasteiger charge is -2.12. The van der Waals surface area contributed by atoms with Crippen LogP contribution in [0.3, 0.4) is 0 Å². The van der Waals surface area contributed by atoms with Gasteiger partial charge in [0.15, 0.2) is 0 Å². The number of amides is 1. The van der Waals surface area contributed by atoms with Gasteiger partial charge in [-0.15, -0.1) is 0 Å². The summed E-state index contributed by atoms with van der Waals surface area (Å²) in [7, 11) is -3.88. The standard InChI is InChI=1S/C23H23ClN2O5S/c24-17-5-3-16(4-6-17)22(28)14-26-12-11-15-1-7-18(8-2-15)32(30,31)19-9-10-21(27)20(13-19)23(25)29/h1-10,13,22,26-28H,11-12,14H2,(H2,25,29)/t22-/m0/s1. The Hall–Kier alpha value is -2.91. The Labute approximate surface area is 191 Å². The van der Waals surface area contributed by atoms with Gasteiger partial charge in [0.2, 0.25) is 9.84 Å². The van der Waals surface area contributed by atoms with Crippen molar-refractivity contribution in [1.82, 2.24) is 5.32 Å². The van der Waals surface area contributed by atoms with Gasteiger partial charge in [0.25, 0.3) is 5.91 Å². The fraction of sp³-hybridized carbons (Fsp3) is 0.174. The van der Waals surface area contributed by atoms with Gasteiger partial charge in [-0.05, 0) is 66.6 Å². The zero-order valence-corrected chi connectivity index (χ0v) is 18.6. The third-order valence-electron chi connectivity index (χ3n) is 4.96. The van der Waals surface area contributed by atoms with Crippen LogP contribution in [0, 0.1) is 0 Å². The van der Waals surface area contributed by atoms with E-state index in [9.17, 15) is 23.4 Å². The van der Waals surface area contributed by atoms with Crippen LogP contribution in [0.5, 0.6) is 5.75 Å². The normalized spacial score (nSPS) is 12.4. The molecule has 0 aliphatic heterocycles. The molecule has 0 saturated heterocycles. The summed E-state index contributed by atoms with van der Waals surface area (Å²) in [5.74, 6) is -1.29. The number of aliphatic hydroxyl groups is 1. The lowest BCUT2D eigenvalue weighted by atomic mass is 10.1. The molecular weight excluding hydrogens is 452 g/mol. The van der Waals surface area contributed by atoms with Crippen molar-refractivity contribution in [2.75, 3.05) is 13.1 Å². The van der Waals surface area contributed by atoms with Crippen LogP contribution in [-0.2, 0) is 16.3 Å². The number of hydrogen-bond donors (Lipinski definition) is 4. The van der Waals surface area contributed by atoms with E-state index in [0.717, 1.165) is 23.3 Å². The van der Waals surface area contributed by atoms with E-state index in [-0.39, 0.29) is 21.1 Å². The molecule has 32 heavy (non-hydrogen) atoms. The van der Waals surface area contributed by atoms with Gasteiger partial charge in [0, 0.05) is 11.6 Å². The number of aliphatic hydroxyl groups excluding tert-OH is 1. The molecule has 9 heteroatoms. The zero-order valence-electron chi connectivity index (χ0n) is 17.0. The molecule has 0 aliphatic carbocycles. The second kappa shape index (κ2) is 10.1. The number of nitrogens with one attached hydrogen (secondary N) is 1. The highest BCUT2D eigenvalue weighted by atomic mass is 35.5. The molecule has 3 rings (SSSR count). The van der Waals surface area contributed by atoms with E-state index in [1.54, 1.807) is 36.4 Å². The smallest absolute Gasteiger partial charge is 0.252 e. The minimum atomic E-state index is -3.88. The molecule has 0 aromatic heterocycles. The largest absolute Gasteiger partial charge is 0.507 e. The predicted octanol–water partition coefficient (Wildman–Crippen LogP) is 2.84. The highest BCUT2D eigenvalue weighted by molar-refractivity contribution is 7.91. The summed E-state index contributed by atoms with van der Waals surface area (Å²) >= 11 is 5.85. The number of hydrogen-bond acceptors (Lipinski definition) is 6. The first kappa shape index (κ1) is 23.7. The van der Waals surface area contributed by atoms with Crippen LogP contribution in [0.1, 0.15) is 27.6 Å². The molecule has 3 aromatic carbocycles. The number of nitrogens with two attached hydrogens (primary N) is 1. The lowest BCUT2D eigenvalue weighted by molar-refractivity contribution is 0.0997. The van der Waals surface area contributed by atoms with Crippen molar-refractivity contribution in [3.8, 4) is 5.75 Å². The fourth-order valence-corrected chi connectivity index (χ4v) is 4.54. The van der Waals surface area contributed by atoms with Crippen LogP contribution in [0.2, 0.25) is 5.02 Å². The molecule has 0 saturated carbocycles. The van der Waals surface area contributed by atoms with Crippen molar-refractivity contribution < 1.29 is 23.4 Å². The van der Waals surface area contributed by atoms with Gasteiger partial charge in [-0.2, -0.15) is 0 Å². The molecule has 0 spiro atoms. The van der Waals surface area contributed by atoms with Gasteiger partial charge in [-0.1, -0.05) is 35.9 Å². The molecular formula is C23H23ClN2O5S. The summed E-state index contributed by atoms with van der Waals surface area (Å²) in [4.78, 5) is 11.3.